The van der Waals surface area contributed by atoms with Gasteiger partial charge >= 0.3 is 0 Å². The number of benzene rings is 4. The van der Waals surface area contributed by atoms with Gasteiger partial charge in [0.1, 0.15) is 22.9 Å². The molecule has 0 heterocycles. The summed E-state index contributed by atoms with van der Waals surface area (Å²) in [5.74, 6) is 1.78. The molecule has 1 aliphatic carbocycles. The molecule has 67 heavy (non-hydrogen) atoms. The smallest absolute Gasteiger partial charge is 0.295 e. The lowest BCUT2D eigenvalue weighted by molar-refractivity contribution is -0.439. The Kier molecular flexibility index (Phi) is 23.6. The molecule has 0 spiro atoms. The minimum atomic E-state index is -4.52. The Bertz CT molecular complexity index is 2260. The number of ether oxygens (including phenoxy) is 2. The van der Waals surface area contributed by atoms with Gasteiger partial charge in [-0.15, -0.1) is 0 Å². The van der Waals surface area contributed by atoms with Crippen LogP contribution in [0.5, 0.6) is 11.5 Å². The molecule has 0 radical (unpaired) electrons. The highest BCUT2D eigenvalue weighted by Crippen LogP contribution is 2.36. The molecule has 362 valence electrons. The Morgan fingerprint density at radius 3 is 1.49 bits per heavy atom. The summed E-state index contributed by atoms with van der Waals surface area (Å²) in [5.41, 5.74) is 7.12. The van der Waals surface area contributed by atoms with Crippen LogP contribution in [0.25, 0.3) is 5.57 Å². The van der Waals surface area contributed by atoms with Crippen molar-refractivity contribution in [2.24, 2.45) is 0 Å². The van der Waals surface area contributed by atoms with E-state index < -0.39 is 10.1 Å². The molecule has 1 N–H and O–H groups in total. The minimum absolute atomic E-state index is 0.123. The number of allylic oxidation sites excluding steroid dienone is 5. The highest BCUT2D eigenvalue weighted by atomic mass is 32.2. The van der Waals surface area contributed by atoms with Crippen molar-refractivity contribution in [2.45, 2.75) is 161 Å². The average Bonchev–Trinajstić information content (AvgIpc) is 3.35. The molecular formula is C59H81N2O5S+. The number of rotatable bonds is 32. The molecule has 4 aromatic rings. The van der Waals surface area contributed by atoms with Gasteiger partial charge in [-0.1, -0.05) is 161 Å². The Balaban J connectivity index is 1.36. The zero-order valence-electron chi connectivity index (χ0n) is 41.4. The first-order valence-corrected chi connectivity index (χ1v) is 27.4. The van der Waals surface area contributed by atoms with Crippen LogP contribution in [0.1, 0.15) is 167 Å². The monoisotopic (exact) mass is 930 g/mol. The highest BCUT2D eigenvalue weighted by Gasteiger charge is 2.23. The van der Waals surface area contributed by atoms with E-state index in [9.17, 15) is 13.0 Å². The van der Waals surface area contributed by atoms with E-state index in [-0.39, 0.29) is 4.90 Å². The second-order valence-corrected chi connectivity index (χ2v) is 19.5. The van der Waals surface area contributed by atoms with E-state index in [1.807, 2.05) is 6.07 Å². The summed E-state index contributed by atoms with van der Waals surface area (Å²) in [7, 11) is -4.52. The van der Waals surface area contributed by atoms with Crippen molar-refractivity contribution in [3.63, 3.8) is 0 Å². The lowest BCUT2D eigenvalue weighted by Gasteiger charge is -2.26. The molecular weight excluding hydrogens is 849 g/mol. The van der Waals surface area contributed by atoms with Crippen molar-refractivity contribution in [2.75, 3.05) is 31.2 Å². The Labute approximate surface area is 405 Å². The molecule has 0 amide bonds. The molecule has 0 unspecified atom stereocenters. The fraction of sp³-hybridized carbons (Fsp3) is 0.475. The number of unbranched alkanes of at least 4 members (excludes halogenated alkanes) is 16. The number of hydrogen-bond donors (Lipinski definition) is 1. The van der Waals surface area contributed by atoms with E-state index in [1.165, 1.54) is 96.0 Å². The highest BCUT2D eigenvalue weighted by molar-refractivity contribution is 7.86. The molecule has 0 saturated carbocycles. The maximum absolute atomic E-state index is 12.9. The Morgan fingerprint density at radius 2 is 0.985 bits per heavy atom. The predicted octanol–water partition coefficient (Wildman–Crippen LogP) is 16.4. The Morgan fingerprint density at radius 1 is 0.522 bits per heavy atom. The van der Waals surface area contributed by atoms with Crippen LogP contribution in [0.2, 0.25) is 0 Å². The van der Waals surface area contributed by atoms with Gasteiger partial charge in [0.05, 0.1) is 13.2 Å². The molecule has 0 aliphatic heterocycles. The van der Waals surface area contributed by atoms with Crippen LogP contribution < -0.4 is 14.4 Å². The van der Waals surface area contributed by atoms with E-state index in [4.69, 9.17) is 9.47 Å². The van der Waals surface area contributed by atoms with Gasteiger partial charge in [0.25, 0.3) is 10.1 Å². The molecule has 4 aromatic carbocycles. The summed E-state index contributed by atoms with van der Waals surface area (Å²) in [4.78, 5) is 2.21. The summed E-state index contributed by atoms with van der Waals surface area (Å²) in [6, 6.07) is 31.9. The number of nitrogens with zero attached hydrogens (tertiary/aromatic N) is 2. The number of anilines is 2. The SMILES string of the molecule is CCCCCCCCCCOc1ccc(N(CCCC)c2ccc(C(=C3C=CC(=[N+](CCCC)c4ccc(OCCCCCCCCCC)cc4)C=C3)c3ccccc3S(=O)(=O)O)cc2)cc1. The van der Waals surface area contributed by atoms with Gasteiger partial charge in [-0.05, 0) is 103 Å². The summed E-state index contributed by atoms with van der Waals surface area (Å²) < 4.78 is 50.8. The van der Waals surface area contributed by atoms with Crippen molar-refractivity contribution in [1.82, 2.24) is 0 Å². The van der Waals surface area contributed by atoms with Crippen LogP contribution in [0.15, 0.2) is 132 Å². The fourth-order valence-corrected chi connectivity index (χ4v) is 9.43. The average molecular weight is 930 g/mol. The standard InChI is InChI=1S/C59H80N2O5S/c1-5-9-13-15-17-19-21-25-47-65-55-41-37-53(38-42-55)60(45-11-7-3)51-33-29-49(30-34-51)59(57-27-23-24-28-58(57)67(62,63)64)50-31-35-52(36-32-50)61(46-12-8-4)54-39-43-56(44-40-54)66-48-26-22-20-18-16-14-10-6-2/h23-24,27-44H,5-22,25-26,45-48H2,1-4H3/p+1. The third-order valence-corrected chi connectivity index (χ3v) is 13.6. The summed E-state index contributed by atoms with van der Waals surface area (Å²) in [6.07, 6.45) is 32.9. The van der Waals surface area contributed by atoms with E-state index >= 15 is 0 Å². The van der Waals surface area contributed by atoms with E-state index in [0.29, 0.717) is 5.56 Å². The summed E-state index contributed by atoms with van der Waals surface area (Å²) in [6.45, 7) is 12.1. The van der Waals surface area contributed by atoms with Crippen LogP contribution in [0.3, 0.4) is 0 Å². The molecule has 0 fully saturated rings. The van der Waals surface area contributed by atoms with Gasteiger partial charge < -0.3 is 14.4 Å². The third kappa shape index (κ3) is 17.6. The quantitative estimate of drug-likeness (QED) is 0.0299. The lowest BCUT2D eigenvalue weighted by Crippen LogP contribution is -2.18. The molecule has 8 heteroatoms. The van der Waals surface area contributed by atoms with E-state index in [1.54, 1.807) is 12.1 Å². The van der Waals surface area contributed by atoms with Crippen LogP contribution >= 0.6 is 0 Å². The van der Waals surface area contributed by atoms with Crippen LogP contribution in [-0.2, 0) is 10.1 Å². The largest absolute Gasteiger partial charge is 0.494 e. The maximum Gasteiger partial charge on any atom is 0.295 e. The minimum Gasteiger partial charge on any atom is -0.494 e. The van der Waals surface area contributed by atoms with Gasteiger partial charge in [0.2, 0.25) is 11.4 Å². The van der Waals surface area contributed by atoms with Gasteiger partial charge in [-0.25, -0.2) is 0 Å². The maximum atomic E-state index is 12.9. The van der Waals surface area contributed by atoms with Crippen molar-refractivity contribution in [3.05, 3.63) is 138 Å². The molecule has 7 nitrogen and oxygen atoms in total. The number of hydrogen-bond acceptors (Lipinski definition) is 5. The van der Waals surface area contributed by atoms with Gasteiger partial charge in [-0.2, -0.15) is 13.0 Å². The zero-order valence-corrected chi connectivity index (χ0v) is 42.2. The molecule has 0 aromatic heterocycles. The summed E-state index contributed by atoms with van der Waals surface area (Å²) >= 11 is 0. The fourth-order valence-electron chi connectivity index (χ4n) is 8.74. The van der Waals surface area contributed by atoms with Crippen molar-refractivity contribution in [3.8, 4) is 11.5 Å². The first-order chi connectivity index (χ1) is 32.8. The van der Waals surface area contributed by atoms with Crippen LogP contribution in [0, 0.1) is 0 Å². The lowest BCUT2D eigenvalue weighted by atomic mass is 9.90. The van der Waals surface area contributed by atoms with Gasteiger partial charge in [0, 0.05) is 54.2 Å². The predicted molar refractivity (Wildman–Crippen MR) is 283 cm³/mol. The summed E-state index contributed by atoms with van der Waals surface area (Å²) in [5, 5.41) is 0. The van der Waals surface area contributed by atoms with Gasteiger partial charge in [-0.3, -0.25) is 4.55 Å². The third-order valence-electron chi connectivity index (χ3n) is 12.7. The molecule has 0 bridgehead atoms. The first kappa shape index (κ1) is 53.0. The van der Waals surface area contributed by atoms with Crippen molar-refractivity contribution < 1.29 is 27.0 Å². The molecule has 1 aliphatic rings. The van der Waals surface area contributed by atoms with Crippen LogP contribution in [-0.4, -0.2) is 49.6 Å². The first-order valence-electron chi connectivity index (χ1n) is 25.9. The topological polar surface area (TPSA) is 79.1 Å². The second-order valence-electron chi connectivity index (χ2n) is 18.1. The van der Waals surface area contributed by atoms with Crippen molar-refractivity contribution >= 4 is 38.5 Å². The molecule has 5 rings (SSSR count). The zero-order chi connectivity index (χ0) is 47.5. The van der Waals surface area contributed by atoms with Gasteiger partial charge in [0.15, 0.2) is 0 Å². The molecule has 0 saturated heterocycles. The molecule has 0 atom stereocenters. The van der Waals surface area contributed by atoms with E-state index in [2.05, 4.69) is 134 Å². The second kappa shape index (κ2) is 29.8. The Hall–Kier alpha value is -4.92. The van der Waals surface area contributed by atoms with Crippen LogP contribution in [0.4, 0.5) is 17.1 Å². The normalized spacial score (nSPS) is 12.4. The van der Waals surface area contributed by atoms with Crippen molar-refractivity contribution in [1.29, 1.82) is 0 Å². The van der Waals surface area contributed by atoms with E-state index in [0.717, 1.165) is 116 Å².